The van der Waals surface area contributed by atoms with Crippen molar-refractivity contribution in [1.82, 2.24) is 10.2 Å². The van der Waals surface area contributed by atoms with Gasteiger partial charge in [-0.2, -0.15) is 0 Å². The number of rotatable bonds is 1. The molecule has 0 amide bonds. The monoisotopic (exact) mass is 202 g/mol. The maximum absolute atomic E-state index is 11.4. The lowest BCUT2D eigenvalue weighted by atomic mass is 10.1. The summed E-state index contributed by atoms with van der Waals surface area (Å²) in [5.74, 6) is -0.453. The first kappa shape index (κ1) is 9.58. The van der Waals surface area contributed by atoms with Crippen LogP contribution in [-0.4, -0.2) is 23.3 Å². The average molecular weight is 202 g/mol. The predicted octanol–water partition coefficient (Wildman–Crippen LogP) is 1.72. The summed E-state index contributed by atoms with van der Waals surface area (Å²) in [7, 11) is 1.33. The van der Waals surface area contributed by atoms with Crippen LogP contribution >= 0.6 is 0 Å². The van der Waals surface area contributed by atoms with Crippen LogP contribution in [0.3, 0.4) is 0 Å². The minimum atomic E-state index is -0.453. The van der Waals surface area contributed by atoms with Crippen LogP contribution in [0.4, 0.5) is 0 Å². The number of esters is 1. The second kappa shape index (κ2) is 3.65. The topological polar surface area (TPSA) is 52.1 Å². The van der Waals surface area contributed by atoms with Crippen molar-refractivity contribution < 1.29 is 9.53 Å². The molecular weight excluding hydrogens is 192 g/mol. The van der Waals surface area contributed by atoms with E-state index < -0.39 is 5.97 Å². The van der Waals surface area contributed by atoms with Crippen molar-refractivity contribution >= 4 is 16.9 Å². The van der Waals surface area contributed by atoms with Crippen LogP contribution in [0, 0.1) is 6.92 Å². The molecular formula is C11H10N2O2. The third-order valence-corrected chi connectivity index (χ3v) is 2.30. The van der Waals surface area contributed by atoms with E-state index in [-0.39, 0.29) is 5.69 Å². The fraction of sp³-hybridized carbons (Fsp3) is 0.182. The first-order chi connectivity index (χ1) is 7.24. The highest BCUT2D eigenvalue weighted by molar-refractivity contribution is 5.94. The third kappa shape index (κ3) is 1.54. The summed E-state index contributed by atoms with van der Waals surface area (Å²) in [6, 6.07) is 7.55. The van der Waals surface area contributed by atoms with Crippen molar-refractivity contribution in [3.8, 4) is 0 Å². The quantitative estimate of drug-likeness (QED) is 0.661. The summed E-state index contributed by atoms with van der Waals surface area (Å²) in [4.78, 5) is 11.4. The largest absolute Gasteiger partial charge is 0.464 e. The fourth-order valence-corrected chi connectivity index (χ4v) is 1.47. The molecule has 0 saturated carbocycles. The Bertz CT molecular complexity index is 523. The van der Waals surface area contributed by atoms with Gasteiger partial charge in [-0.05, 0) is 18.6 Å². The van der Waals surface area contributed by atoms with Crippen molar-refractivity contribution in [2.75, 3.05) is 7.11 Å². The number of ether oxygens (including phenoxy) is 1. The van der Waals surface area contributed by atoms with E-state index in [2.05, 4.69) is 14.9 Å². The summed E-state index contributed by atoms with van der Waals surface area (Å²) in [5, 5.41) is 8.74. The Morgan fingerprint density at radius 1 is 1.27 bits per heavy atom. The third-order valence-electron chi connectivity index (χ3n) is 2.30. The zero-order chi connectivity index (χ0) is 10.8. The van der Waals surface area contributed by atoms with Crippen LogP contribution in [0.1, 0.15) is 16.1 Å². The van der Waals surface area contributed by atoms with Crippen LogP contribution < -0.4 is 0 Å². The molecule has 2 rings (SSSR count). The van der Waals surface area contributed by atoms with Crippen molar-refractivity contribution in [3.63, 3.8) is 0 Å². The van der Waals surface area contributed by atoms with Gasteiger partial charge in [0.2, 0.25) is 0 Å². The highest BCUT2D eigenvalue weighted by atomic mass is 16.5. The van der Waals surface area contributed by atoms with Crippen LogP contribution in [0.25, 0.3) is 10.9 Å². The lowest BCUT2D eigenvalue weighted by Crippen LogP contribution is -2.08. The zero-order valence-corrected chi connectivity index (χ0v) is 8.52. The first-order valence-corrected chi connectivity index (χ1v) is 4.54. The van der Waals surface area contributed by atoms with Gasteiger partial charge in [0.15, 0.2) is 5.69 Å². The van der Waals surface area contributed by atoms with E-state index >= 15 is 0 Å². The molecule has 1 aromatic carbocycles. The van der Waals surface area contributed by atoms with E-state index in [1.165, 1.54) is 7.11 Å². The van der Waals surface area contributed by atoms with Crippen LogP contribution in [-0.2, 0) is 4.74 Å². The van der Waals surface area contributed by atoms with Gasteiger partial charge in [0.25, 0.3) is 0 Å². The average Bonchev–Trinajstić information content (AvgIpc) is 2.29. The van der Waals surface area contributed by atoms with E-state index in [9.17, 15) is 4.79 Å². The lowest BCUT2D eigenvalue weighted by molar-refractivity contribution is 0.0592. The van der Waals surface area contributed by atoms with Crippen molar-refractivity contribution in [2.45, 2.75) is 6.92 Å². The van der Waals surface area contributed by atoms with Crippen molar-refractivity contribution in [3.05, 3.63) is 35.5 Å². The predicted molar refractivity (Wildman–Crippen MR) is 55.6 cm³/mol. The molecule has 2 aromatic rings. The molecule has 0 aliphatic carbocycles. The number of aromatic nitrogens is 2. The van der Waals surface area contributed by atoms with Gasteiger partial charge >= 0.3 is 5.97 Å². The normalized spacial score (nSPS) is 10.3. The summed E-state index contributed by atoms with van der Waals surface area (Å²) < 4.78 is 4.62. The van der Waals surface area contributed by atoms with Gasteiger partial charge in [-0.25, -0.2) is 4.79 Å². The standard InChI is InChI=1S/C11H10N2O2/c1-7-8-5-3-4-6-9(8)12-13-10(7)11(14)15-2/h3-6H,1-2H3. The summed E-state index contributed by atoms with van der Waals surface area (Å²) in [5.41, 5.74) is 1.85. The first-order valence-electron chi connectivity index (χ1n) is 4.54. The molecule has 0 spiro atoms. The Morgan fingerprint density at radius 3 is 2.73 bits per heavy atom. The van der Waals surface area contributed by atoms with Gasteiger partial charge in [-0.15, -0.1) is 10.2 Å². The molecule has 4 heteroatoms. The molecule has 1 aromatic heterocycles. The summed E-state index contributed by atoms with van der Waals surface area (Å²) >= 11 is 0. The van der Waals surface area contributed by atoms with E-state index in [1.807, 2.05) is 31.2 Å². The molecule has 0 radical (unpaired) electrons. The Kier molecular flexibility index (Phi) is 2.33. The molecule has 1 heterocycles. The van der Waals surface area contributed by atoms with Gasteiger partial charge in [-0.1, -0.05) is 18.2 Å². The van der Waals surface area contributed by atoms with Gasteiger partial charge in [-0.3, -0.25) is 0 Å². The Morgan fingerprint density at radius 2 is 2.00 bits per heavy atom. The van der Waals surface area contributed by atoms with E-state index in [0.717, 1.165) is 16.5 Å². The Hall–Kier alpha value is -1.97. The number of benzene rings is 1. The number of nitrogens with zero attached hydrogens (tertiary/aromatic N) is 2. The smallest absolute Gasteiger partial charge is 0.358 e. The summed E-state index contributed by atoms with van der Waals surface area (Å²) in [6.07, 6.45) is 0. The molecule has 0 fully saturated rings. The Balaban J connectivity index is 2.70. The molecule has 0 atom stereocenters. The number of carbonyl (C=O) groups is 1. The fourth-order valence-electron chi connectivity index (χ4n) is 1.47. The maximum Gasteiger partial charge on any atom is 0.358 e. The summed E-state index contributed by atoms with van der Waals surface area (Å²) in [6.45, 7) is 1.84. The number of carbonyl (C=O) groups excluding carboxylic acids is 1. The lowest BCUT2D eigenvalue weighted by Gasteiger charge is -2.04. The number of aryl methyl sites for hydroxylation is 1. The van der Waals surface area contributed by atoms with E-state index in [1.54, 1.807) is 0 Å². The highest BCUT2D eigenvalue weighted by Gasteiger charge is 2.13. The Labute approximate surface area is 86.9 Å². The molecule has 0 bridgehead atoms. The van der Waals surface area contributed by atoms with E-state index in [4.69, 9.17) is 0 Å². The molecule has 0 N–H and O–H groups in total. The molecule has 0 aliphatic rings. The van der Waals surface area contributed by atoms with Gasteiger partial charge < -0.3 is 4.74 Å². The van der Waals surface area contributed by atoms with Gasteiger partial charge in [0.1, 0.15) is 0 Å². The highest BCUT2D eigenvalue weighted by Crippen LogP contribution is 2.17. The van der Waals surface area contributed by atoms with Crippen molar-refractivity contribution in [1.29, 1.82) is 0 Å². The van der Waals surface area contributed by atoms with Crippen LogP contribution in [0.2, 0.25) is 0 Å². The number of methoxy groups -OCH3 is 1. The SMILES string of the molecule is COC(=O)c1nnc2ccccc2c1C. The molecule has 76 valence electrons. The van der Waals surface area contributed by atoms with Crippen LogP contribution in [0.15, 0.2) is 24.3 Å². The minimum absolute atomic E-state index is 0.274. The van der Waals surface area contributed by atoms with Gasteiger partial charge in [0, 0.05) is 5.39 Å². The second-order valence-electron chi connectivity index (χ2n) is 3.18. The molecule has 0 aliphatic heterocycles. The maximum atomic E-state index is 11.4. The zero-order valence-electron chi connectivity index (χ0n) is 8.52. The second-order valence-corrected chi connectivity index (χ2v) is 3.18. The number of fused-ring (bicyclic) bond motifs is 1. The molecule has 0 saturated heterocycles. The molecule has 0 unspecified atom stereocenters. The minimum Gasteiger partial charge on any atom is -0.464 e. The number of hydrogen-bond donors (Lipinski definition) is 0. The van der Waals surface area contributed by atoms with E-state index in [0.29, 0.717) is 0 Å². The van der Waals surface area contributed by atoms with Gasteiger partial charge in [0.05, 0.1) is 12.6 Å². The van der Waals surface area contributed by atoms with Crippen LogP contribution in [0.5, 0.6) is 0 Å². The molecule has 4 nitrogen and oxygen atoms in total. The van der Waals surface area contributed by atoms with Crippen molar-refractivity contribution in [2.24, 2.45) is 0 Å². The molecule has 15 heavy (non-hydrogen) atoms. The number of hydrogen-bond acceptors (Lipinski definition) is 4.